The van der Waals surface area contributed by atoms with Gasteiger partial charge in [0, 0.05) is 0 Å². The number of rotatable bonds is 4. The minimum atomic E-state index is -1.52. The third-order valence-electron chi connectivity index (χ3n) is 9.24. The zero-order chi connectivity index (χ0) is 30.6. The van der Waals surface area contributed by atoms with E-state index in [2.05, 4.69) is 92.7 Å². The molecule has 0 fully saturated rings. The molecule has 6 aromatic rings. The van der Waals surface area contributed by atoms with Crippen molar-refractivity contribution in [2.75, 3.05) is 0 Å². The number of benzene rings is 6. The third-order valence-corrected chi connectivity index (χ3v) is 9.24. The molecule has 0 spiro atoms. The molecule has 2 heteroatoms. The average molecular weight is 573 g/mol. The van der Waals surface area contributed by atoms with Gasteiger partial charge >= 0.3 is 0 Å². The van der Waals surface area contributed by atoms with Crippen LogP contribution in [0.15, 0.2) is 133 Å². The molecular weight excluding hydrogens is 536 g/mol. The van der Waals surface area contributed by atoms with E-state index in [9.17, 15) is 10.2 Å². The predicted octanol–water partition coefficient (Wildman–Crippen LogP) is 9.14. The molecule has 1 aliphatic rings. The van der Waals surface area contributed by atoms with Crippen LogP contribution in [-0.2, 0) is 11.2 Å². The van der Waals surface area contributed by atoms with E-state index >= 15 is 0 Å². The summed E-state index contributed by atoms with van der Waals surface area (Å²) in [4.78, 5) is 0. The van der Waals surface area contributed by atoms with Crippen molar-refractivity contribution in [2.24, 2.45) is 0 Å². The maximum atomic E-state index is 13.3. The Morgan fingerprint density at radius 2 is 0.705 bits per heavy atom. The molecule has 2 nitrogen and oxygen atoms in total. The Morgan fingerprint density at radius 3 is 1.09 bits per heavy atom. The lowest BCUT2D eigenvalue weighted by Crippen LogP contribution is -2.44. The summed E-state index contributed by atoms with van der Waals surface area (Å²) in [6.45, 7) is 8.25. The highest BCUT2D eigenvalue weighted by atomic mass is 16.3. The Bertz CT molecular complexity index is 1920. The van der Waals surface area contributed by atoms with E-state index in [0.29, 0.717) is 22.3 Å². The monoisotopic (exact) mass is 572 g/mol. The maximum absolute atomic E-state index is 13.3. The minimum Gasteiger partial charge on any atom is -0.376 e. The molecule has 7 rings (SSSR count). The second-order valence-electron chi connectivity index (χ2n) is 12.4. The number of aryl methyl sites for hydroxylation is 4. The SMILES string of the molecule is Cc1ccc(-c2ccc3c(c2)C(O)(c2cccc(C)c2)c2cc(-c4ccc(C)cc4)ccc2C3(O)c2cccc(C)c2)cc1. The topological polar surface area (TPSA) is 40.5 Å². The molecule has 0 aromatic heterocycles. The van der Waals surface area contributed by atoms with Crippen LogP contribution in [0.5, 0.6) is 0 Å². The molecule has 0 saturated heterocycles. The lowest BCUT2D eigenvalue weighted by molar-refractivity contribution is 0.0748. The van der Waals surface area contributed by atoms with Crippen molar-refractivity contribution in [2.45, 2.75) is 38.9 Å². The van der Waals surface area contributed by atoms with Crippen LogP contribution in [0, 0.1) is 27.7 Å². The summed E-state index contributed by atoms with van der Waals surface area (Å²) in [6, 6.07) is 45.3. The largest absolute Gasteiger partial charge is 0.376 e. The molecule has 0 radical (unpaired) electrons. The predicted molar refractivity (Wildman–Crippen MR) is 180 cm³/mol. The lowest BCUT2D eigenvalue weighted by atomic mass is 9.62. The first-order chi connectivity index (χ1) is 21.2. The second kappa shape index (κ2) is 10.4. The summed E-state index contributed by atoms with van der Waals surface area (Å²) >= 11 is 0. The van der Waals surface area contributed by atoms with Crippen LogP contribution in [0.25, 0.3) is 22.3 Å². The normalized spacial score (nSPS) is 18.9. The Balaban J connectivity index is 1.59. The van der Waals surface area contributed by atoms with Crippen LogP contribution in [-0.4, -0.2) is 10.2 Å². The van der Waals surface area contributed by atoms with E-state index in [1.807, 2.05) is 68.4 Å². The molecular formula is C42H36O2. The number of fused-ring (bicyclic) bond motifs is 2. The molecule has 0 bridgehead atoms. The van der Waals surface area contributed by atoms with Gasteiger partial charge in [0.25, 0.3) is 0 Å². The maximum Gasteiger partial charge on any atom is 0.141 e. The van der Waals surface area contributed by atoms with Crippen LogP contribution in [0.1, 0.15) is 55.6 Å². The van der Waals surface area contributed by atoms with Gasteiger partial charge in [-0.05, 0) is 95.5 Å². The smallest absolute Gasteiger partial charge is 0.141 e. The summed E-state index contributed by atoms with van der Waals surface area (Å²) in [6.07, 6.45) is 0. The van der Waals surface area contributed by atoms with Crippen LogP contribution in [0.2, 0.25) is 0 Å². The summed E-state index contributed by atoms with van der Waals surface area (Å²) in [5.41, 5.74) is 9.85. The summed E-state index contributed by atoms with van der Waals surface area (Å²) in [7, 11) is 0. The molecule has 44 heavy (non-hydrogen) atoms. The zero-order valence-electron chi connectivity index (χ0n) is 25.6. The average Bonchev–Trinajstić information content (AvgIpc) is 3.04. The van der Waals surface area contributed by atoms with Gasteiger partial charge in [-0.15, -0.1) is 0 Å². The van der Waals surface area contributed by atoms with Crippen molar-refractivity contribution in [1.29, 1.82) is 0 Å². The van der Waals surface area contributed by atoms with Crippen molar-refractivity contribution in [3.05, 3.63) is 189 Å². The Morgan fingerprint density at radius 1 is 0.341 bits per heavy atom. The summed E-state index contributed by atoms with van der Waals surface area (Å²) in [5, 5.41) is 26.4. The van der Waals surface area contributed by atoms with Crippen LogP contribution >= 0.6 is 0 Å². The van der Waals surface area contributed by atoms with Gasteiger partial charge in [0.1, 0.15) is 11.2 Å². The van der Waals surface area contributed by atoms with Crippen molar-refractivity contribution >= 4 is 0 Å². The van der Waals surface area contributed by atoms with Gasteiger partial charge in [0.05, 0.1) is 0 Å². The van der Waals surface area contributed by atoms with Crippen LogP contribution in [0.4, 0.5) is 0 Å². The Labute approximate surface area is 259 Å². The van der Waals surface area contributed by atoms with E-state index in [4.69, 9.17) is 0 Å². The molecule has 6 aromatic carbocycles. The van der Waals surface area contributed by atoms with Gasteiger partial charge in [-0.3, -0.25) is 0 Å². The number of hydrogen-bond acceptors (Lipinski definition) is 2. The van der Waals surface area contributed by atoms with Gasteiger partial charge in [-0.25, -0.2) is 0 Å². The molecule has 2 N–H and O–H groups in total. The standard InChI is InChI=1S/C42H36O2/c1-27-11-15-31(16-12-27)33-19-21-37-39(25-33)42(44,36-10-6-8-30(4)24-36)40-26-34(32-17-13-28(2)14-18-32)20-22-38(40)41(37,43)35-9-5-7-29(3)23-35/h5-26,43-44H,1-4H3. The lowest BCUT2D eigenvalue weighted by Gasteiger charge is -2.45. The van der Waals surface area contributed by atoms with Gasteiger partial charge < -0.3 is 10.2 Å². The van der Waals surface area contributed by atoms with E-state index in [0.717, 1.165) is 44.5 Å². The number of aliphatic hydroxyl groups is 2. The Hall–Kier alpha value is -4.76. The van der Waals surface area contributed by atoms with Crippen molar-refractivity contribution in [3.63, 3.8) is 0 Å². The summed E-state index contributed by atoms with van der Waals surface area (Å²) in [5.74, 6) is 0. The zero-order valence-corrected chi connectivity index (χ0v) is 25.6. The van der Waals surface area contributed by atoms with E-state index in [1.165, 1.54) is 11.1 Å². The van der Waals surface area contributed by atoms with Gasteiger partial charge in [-0.2, -0.15) is 0 Å². The second-order valence-corrected chi connectivity index (χ2v) is 12.4. The number of hydrogen-bond donors (Lipinski definition) is 2. The third kappa shape index (κ3) is 4.42. The molecule has 0 saturated carbocycles. The highest BCUT2D eigenvalue weighted by Crippen LogP contribution is 2.54. The molecule has 216 valence electrons. The fraction of sp³-hybridized carbons (Fsp3) is 0.143. The fourth-order valence-corrected chi connectivity index (χ4v) is 6.82. The molecule has 1 aliphatic carbocycles. The molecule has 0 amide bonds. The van der Waals surface area contributed by atoms with Gasteiger partial charge in [0.2, 0.25) is 0 Å². The van der Waals surface area contributed by atoms with Crippen molar-refractivity contribution in [1.82, 2.24) is 0 Å². The first kappa shape index (κ1) is 28.0. The molecule has 0 unspecified atom stereocenters. The minimum absolute atomic E-state index is 0.679. The first-order valence-corrected chi connectivity index (χ1v) is 15.2. The van der Waals surface area contributed by atoms with Gasteiger partial charge in [-0.1, -0.05) is 144 Å². The molecule has 0 heterocycles. The Kier molecular flexibility index (Phi) is 6.66. The quantitative estimate of drug-likeness (QED) is 0.221. The van der Waals surface area contributed by atoms with E-state index < -0.39 is 11.2 Å². The highest BCUT2D eigenvalue weighted by Gasteiger charge is 2.51. The van der Waals surface area contributed by atoms with E-state index in [1.54, 1.807) is 0 Å². The highest BCUT2D eigenvalue weighted by molar-refractivity contribution is 5.75. The molecule has 0 aliphatic heterocycles. The molecule has 0 atom stereocenters. The van der Waals surface area contributed by atoms with Crippen LogP contribution in [0.3, 0.4) is 0 Å². The fourth-order valence-electron chi connectivity index (χ4n) is 6.82. The van der Waals surface area contributed by atoms with Crippen LogP contribution < -0.4 is 0 Å². The summed E-state index contributed by atoms with van der Waals surface area (Å²) < 4.78 is 0. The van der Waals surface area contributed by atoms with E-state index in [-0.39, 0.29) is 0 Å². The van der Waals surface area contributed by atoms with Crippen molar-refractivity contribution < 1.29 is 10.2 Å². The van der Waals surface area contributed by atoms with Gasteiger partial charge in [0.15, 0.2) is 0 Å². The first-order valence-electron chi connectivity index (χ1n) is 15.2. The van der Waals surface area contributed by atoms with Crippen molar-refractivity contribution in [3.8, 4) is 22.3 Å².